The fourth-order valence-corrected chi connectivity index (χ4v) is 2.80. The number of hydrogen-bond acceptors (Lipinski definition) is 6. The van der Waals surface area contributed by atoms with Gasteiger partial charge in [0.1, 0.15) is 11.3 Å². The van der Waals surface area contributed by atoms with Crippen LogP contribution in [0.25, 0.3) is 11.5 Å². The third-order valence-corrected chi connectivity index (χ3v) is 4.02. The van der Waals surface area contributed by atoms with Crippen LogP contribution in [0, 0.1) is 0 Å². The number of rotatable bonds is 4. The van der Waals surface area contributed by atoms with Gasteiger partial charge in [0.25, 0.3) is 0 Å². The zero-order chi connectivity index (χ0) is 18.6. The quantitative estimate of drug-likeness (QED) is 0.907. The number of fused-ring (bicyclic) bond motifs is 1. The molecule has 0 bridgehead atoms. The second kappa shape index (κ2) is 7.78. The molecule has 0 saturated carbocycles. The van der Waals surface area contributed by atoms with Gasteiger partial charge in [-0.15, -0.1) is 0 Å². The Kier molecular flexibility index (Phi) is 5.46. The summed E-state index contributed by atoms with van der Waals surface area (Å²) in [4.78, 5) is 27.4. The number of nitrogens with one attached hydrogen (secondary N) is 1. The van der Waals surface area contributed by atoms with Crippen molar-refractivity contribution in [2.45, 2.75) is 39.3 Å². The smallest absolute Gasteiger partial charge is 0.407 e. The number of hydrogen-bond donors (Lipinski definition) is 1. The van der Waals surface area contributed by atoms with Crippen molar-refractivity contribution in [2.24, 2.45) is 0 Å². The molecule has 0 aromatic carbocycles. The zero-order valence-corrected chi connectivity index (χ0v) is 15.5. The second-order valence-corrected chi connectivity index (χ2v) is 7.34. The van der Waals surface area contributed by atoms with Crippen molar-refractivity contribution >= 4 is 6.09 Å². The Labute approximate surface area is 153 Å². The van der Waals surface area contributed by atoms with Crippen LogP contribution in [0.2, 0.25) is 0 Å². The summed E-state index contributed by atoms with van der Waals surface area (Å²) in [6.45, 7) is 8.53. The molecule has 0 saturated heterocycles. The first-order chi connectivity index (χ1) is 12.4. The molecule has 7 heteroatoms. The van der Waals surface area contributed by atoms with Crippen LogP contribution in [0.15, 0.2) is 30.6 Å². The van der Waals surface area contributed by atoms with E-state index >= 15 is 0 Å². The van der Waals surface area contributed by atoms with Gasteiger partial charge in [-0.05, 0) is 44.9 Å². The molecular weight excluding hydrogens is 330 g/mol. The number of alkyl carbamates (subject to hydrolysis) is 1. The lowest BCUT2D eigenvalue weighted by Gasteiger charge is -2.28. The molecule has 1 aliphatic rings. The maximum atomic E-state index is 11.7. The van der Waals surface area contributed by atoms with Crippen molar-refractivity contribution < 1.29 is 9.53 Å². The Morgan fingerprint density at radius 2 is 2.15 bits per heavy atom. The molecule has 1 N–H and O–H groups in total. The fraction of sp³-hybridized carbons (Fsp3) is 0.474. The lowest BCUT2D eigenvalue weighted by atomic mass is 10.1. The van der Waals surface area contributed by atoms with Crippen LogP contribution in [-0.2, 0) is 17.7 Å². The molecular formula is C19H25N5O2. The van der Waals surface area contributed by atoms with Crippen molar-refractivity contribution in [1.82, 2.24) is 25.2 Å². The van der Waals surface area contributed by atoms with E-state index in [9.17, 15) is 4.79 Å². The van der Waals surface area contributed by atoms with Gasteiger partial charge in [0, 0.05) is 38.6 Å². The van der Waals surface area contributed by atoms with Crippen LogP contribution in [-0.4, -0.2) is 51.2 Å². The lowest BCUT2D eigenvalue weighted by molar-refractivity contribution is 0.0521. The van der Waals surface area contributed by atoms with Crippen molar-refractivity contribution in [3.8, 4) is 11.5 Å². The molecule has 0 unspecified atom stereocenters. The zero-order valence-electron chi connectivity index (χ0n) is 15.5. The standard InChI is InChI=1S/C19H25N5O2/c1-19(2,3)26-18(25)21-9-11-24-10-7-14-12-22-17(23-16(14)13-24)15-6-4-5-8-20-15/h4-6,8,12H,7,9-11,13H2,1-3H3,(H,21,25). The van der Waals surface area contributed by atoms with Gasteiger partial charge in [-0.25, -0.2) is 14.8 Å². The van der Waals surface area contributed by atoms with E-state index in [4.69, 9.17) is 9.72 Å². The van der Waals surface area contributed by atoms with Crippen molar-refractivity contribution in [3.05, 3.63) is 41.9 Å². The fourth-order valence-electron chi connectivity index (χ4n) is 2.80. The Morgan fingerprint density at radius 3 is 2.88 bits per heavy atom. The van der Waals surface area contributed by atoms with E-state index in [2.05, 4.69) is 20.2 Å². The van der Waals surface area contributed by atoms with Gasteiger partial charge in [-0.1, -0.05) is 6.07 Å². The SMILES string of the molecule is CC(C)(C)OC(=O)NCCN1CCc2cnc(-c3ccccn3)nc2C1. The molecule has 0 fully saturated rings. The molecule has 138 valence electrons. The maximum Gasteiger partial charge on any atom is 0.407 e. The Hall–Kier alpha value is -2.54. The highest BCUT2D eigenvalue weighted by atomic mass is 16.6. The van der Waals surface area contributed by atoms with Gasteiger partial charge < -0.3 is 10.1 Å². The highest BCUT2D eigenvalue weighted by molar-refractivity contribution is 5.67. The third-order valence-electron chi connectivity index (χ3n) is 4.02. The van der Waals surface area contributed by atoms with Gasteiger partial charge in [0.2, 0.25) is 0 Å². The Bertz CT molecular complexity index is 758. The van der Waals surface area contributed by atoms with E-state index in [1.54, 1.807) is 6.20 Å². The van der Waals surface area contributed by atoms with Crippen molar-refractivity contribution in [1.29, 1.82) is 0 Å². The number of aromatic nitrogens is 3. The molecule has 1 aliphatic heterocycles. The number of carbonyl (C=O) groups excluding carboxylic acids is 1. The number of ether oxygens (including phenoxy) is 1. The number of nitrogens with zero attached hydrogens (tertiary/aromatic N) is 4. The molecule has 0 spiro atoms. The minimum Gasteiger partial charge on any atom is -0.444 e. The summed E-state index contributed by atoms with van der Waals surface area (Å²) >= 11 is 0. The minimum atomic E-state index is -0.479. The molecule has 26 heavy (non-hydrogen) atoms. The summed E-state index contributed by atoms with van der Waals surface area (Å²) in [5, 5.41) is 2.80. The van der Waals surface area contributed by atoms with Crippen molar-refractivity contribution in [2.75, 3.05) is 19.6 Å². The number of amides is 1. The number of carbonyl (C=O) groups is 1. The van der Waals surface area contributed by atoms with Crippen molar-refractivity contribution in [3.63, 3.8) is 0 Å². The molecule has 7 nitrogen and oxygen atoms in total. The summed E-state index contributed by atoms with van der Waals surface area (Å²) in [6.07, 6.45) is 4.18. The minimum absolute atomic E-state index is 0.380. The first-order valence-corrected chi connectivity index (χ1v) is 8.86. The first-order valence-electron chi connectivity index (χ1n) is 8.86. The average Bonchev–Trinajstić information content (AvgIpc) is 2.60. The van der Waals surface area contributed by atoms with E-state index in [1.807, 2.05) is 45.2 Å². The summed E-state index contributed by atoms with van der Waals surface area (Å²) < 4.78 is 5.25. The van der Waals surface area contributed by atoms with Gasteiger partial charge in [0.05, 0.1) is 5.69 Å². The average molecular weight is 355 g/mol. The normalized spacial score (nSPS) is 14.6. The predicted octanol–water partition coefficient (Wildman–Crippen LogP) is 2.42. The first kappa shape index (κ1) is 18.3. The maximum absolute atomic E-state index is 11.7. The largest absolute Gasteiger partial charge is 0.444 e. The van der Waals surface area contributed by atoms with Crippen LogP contribution in [0.4, 0.5) is 4.79 Å². The molecule has 3 rings (SSSR count). The van der Waals surface area contributed by atoms with Gasteiger partial charge in [-0.3, -0.25) is 9.88 Å². The van der Waals surface area contributed by atoms with E-state index in [0.717, 1.165) is 37.4 Å². The van der Waals surface area contributed by atoms with Crippen LogP contribution >= 0.6 is 0 Å². The molecule has 2 aromatic rings. The Morgan fingerprint density at radius 1 is 1.31 bits per heavy atom. The predicted molar refractivity (Wildman–Crippen MR) is 98.5 cm³/mol. The molecule has 0 radical (unpaired) electrons. The van der Waals surface area contributed by atoms with Crippen LogP contribution in [0.3, 0.4) is 0 Å². The highest BCUT2D eigenvalue weighted by Gasteiger charge is 2.20. The van der Waals surface area contributed by atoms with E-state index < -0.39 is 5.60 Å². The molecule has 1 amide bonds. The molecule has 0 aliphatic carbocycles. The monoisotopic (exact) mass is 355 g/mol. The van der Waals surface area contributed by atoms with Crippen LogP contribution in [0.5, 0.6) is 0 Å². The third kappa shape index (κ3) is 4.98. The van der Waals surface area contributed by atoms with E-state index in [1.165, 1.54) is 5.56 Å². The molecule has 3 heterocycles. The topological polar surface area (TPSA) is 80.2 Å². The molecule has 0 atom stereocenters. The highest BCUT2D eigenvalue weighted by Crippen LogP contribution is 2.19. The van der Waals surface area contributed by atoms with E-state index in [0.29, 0.717) is 12.4 Å². The number of pyridine rings is 1. The van der Waals surface area contributed by atoms with Gasteiger partial charge in [-0.2, -0.15) is 0 Å². The lowest BCUT2D eigenvalue weighted by Crippen LogP contribution is -2.40. The second-order valence-electron chi connectivity index (χ2n) is 7.34. The Balaban J connectivity index is 1.56. The van der Waals surface area contributed by atoms with E-state index in [-0.39, 0.29) is 6.09 Å². The summed E-state index contributed by atoms with van der Waals surface area (Å²) in [7, 11) is 0. The summed E-state index contributed by atoms with van der Waals surface area (Å²) in [6, 6.07) is 5.72. The summed E-state index contributed by atoms with van der Waals surface area (Å²) in [5.41, 5.74) is 2.51. The molecule has 2 aromatic heterocycles. The van der Waals surface area contributed by atoms with Gasteiger partial charge in [0.15, 0.2) is 5.82 Å². The van der Waals surface area contributed by atoms with Gasteiger partial charge >= 0.3 is 6.09 Å². The van der Waals surface area contributed by atoms with Crippen LogP contribution < -0.4 is 5.32 Å². The van der Waals surface area contributed by atoms with Crippen LogP contribution in [0.1, 0.15) is 32.0 Å². The summed E-state index contributed by atoms with van der Waals surface area (Å²) in [5.74, 6) is 0.651.